The molecule has 1 aromatic rings. The van der Waals surface area contributed by atoms with E-state index in [1.54, 1.807) is 0 Å². The van der Waals surface area contributed by atoms with Gasteiger partial charge in [0.15, 0.2) is 0 Å². The number of hydrogen-bond donors (Lipinski definition) is 0. The van der Waals surface area contributed by atoms with Gasteiger partial charge in [-0.2, -0.15) is 5.01 Å². The number of nitrogens with zero attached hydrogens (tertiary/aromatic N) is 2. The van der Waals surface area contributed by atoms with Crippen molar-refractivity contribution in [2.45, 2.75) is 46.0 Å². The van der Waals surface area contributed by atoms with Crippen molar-refractivity contribution in [3.05, 3.63) is 35.9 Å². The first kappa shape index (κ1) is 17.7. The summed E-state index contributed by atoms with van der Waals surface area (Å²) < 4.78 is 0.635. The molecule has 0 unspecified atom stereocenters. The van der Waals surface area contributed by atoms with E-state index in [2.05, 4.69) is 27.9 Å². The molecule has 0 aliphatic heterocycles. The average Bonchev–Trinajstić information content (AvgIpc) is 2.47. The Morgan fingerprint density at radius 3 is 2.24 bits per heavy atom. The normalized spacial score (nSPS) is 11.4. The lowest BCUT2D eigenvalue weighted by atomic mass is 10.1. The third-order valence-electron chi connectivity index (χ3n) is 3.90. The van der Waals surface area contributed by atoms with E-state index in [0.29, 0.717) is 4.59 Å². The van der Waals surface area contributed by atoms with Crippen molar-refractivity contribution < 1.29 is 9.39 Å². The van der Waals surface area contributed by atoms with Gasteiger partial charge in [-0.15, -0.1) is 0 Å². The fraction of sp³-hybridized carbons (Fsp3) is 0.611. The Labute approximate surface area is 130 Å². The molecule has 0 atom stereocenters. The summed E-state index contributed by atoms with van der Waals surface area (Å²) in [5.41, 5.74) is 0.787. The molecule has 0 aliphatic rings. The van der Waals surface area contributed by atoms with Crippen LogP contribution in [0.25, 0.3) is 0 Å². The summed E-state index contributed by atoms with van der Waals surface area (Å²) >= 11 is 0. The molecule has 0 spiro atoms. The third-order valence-corrected chi connectivity index (χ3v) is 3.90. The molecule has 118 valence electrons. The maximum atomic E-state index is 12.8. The Hall–Kier alpha value is -1.35. The average molecular weight is 291 g/mol. The van der Waals surface area contributed by atoms with Gasteiger partial charge >= 0.3 is 0 Å². The standard InChI is InChI=1S/C18H31N2O/c1-5-7-8-12-15-19(20(3,4)16-6-2)18(21)17-13-10-9-11-14-17/h9-11,13-14H,5-8,12,15-16H2,1-4H3/q+1. The fourth-order valence-electron chi connectivity index (χ4n) is 2.70. The molecular weight excluding hydrogens is 260 g/mol. The zero-order valence-corrected chi connectivity index (χ0v) is 14.1. The van der Waals surface area contributed by atoms with Gasteiger partial charge in [-0.3, -0.25) is 4.79 Å². The summed E-state index contributed by atoms with van der Waals surface area (Å²) in [5.74, 6) is 0.144. The second-order valence-electron chi connectivity index (χ2n) is 6.20. The maximum Gasteiger partial charge on any atom is 0.298 e. The van der Waals surface area contributed by atoms with Gasteiger partial charge in [0.1, 0.15) is 6.54 Å². The first-order valence-electron chi connectivity index (χ1n) is 8.23. The van der Waals surface area contributed by atoms with Crippen LogP contribution in [0.3, 0.4) is 0 Å². The van der Waals surface area contributed by atoms with E-state index in [-0.39, 0.29) is 5.91 Å². The first-order chi connectivity index (χ1) is 10.0. The minimum Gasteiger partial charge on any atom is -0.264 e. The third kappa shape index (κ3) is 5.50. The van der Waals surface area contributed by atoms with Crippen LogP contribution in [0.2, 0.25) is 0 Å². The monoisotopic (exact) mass is 291 g/mol. The molecule has 0 radical (unpaired) electrons. The van der Waals surface area contributed by atoms with Crippen LogP contribution in [0.5, 0.6) is 0 Å². The van der Waals surface area contributed by atoms with E-state index in [9.17, 15) is 4.79 Å². The SMILES string of the molecule is CCCCCCN(C(=O)c1ccccc1)[N+](C)(C)CCC. The molecule has 0 fully saturated rings. The molecule has 1 rings (SSSR count). The lowest BCUT2D eigenvalue weighted by Crippen LogP contribution is -2.58. The van der Waals surface area contributed by atoms with Crippen LogP contribution >= 0.6 is 0 Å². The Kier molecular flexibility index (Phi) is 7.44. The quantitative estimate of drug-likeness (QED) is 0.381. The molecule has 0 saturated carbocycles. The highest BCUT2D eigenvalue weighted by molar-refractivity contribution is 5.93. The molecule has 0 N–H and O–H groups in total. The van der Waals surface area contributed by atoms with E-state index in [4.69, 9.17) is 0 Å². The highest BCUT2D eigenvalue weighted by Gasteiger charge is 2.30. The topological polar surface area (TPSA) is 20.3 Å². The zero-order valence-electron chi connectivity index (χ0n) is 14.1. The minimum atomic E-state index is 0.144. The minimum absolute atomic E-state index is 0.144. The van der Waals surface area contributed by atoms with Gasteiger partial charge in [0, 0.05) is 5.56 Å². The van der Waals surface area contributed by atoms with Crippen LogP contribution in [0.4, 0.5) is 0 Å². The largest absolute Gasteiger partial charge is 0.298 e. The van der Waals surface area contributed by atoms with Gasteiger partial charge < -0.3 is 0 Å². The molecular formula is C18H31N2O+. The number of quaternary nitrogens is 1. The highest BCUT2D eigenvalue weighted by Crippen LogP contribution is 2.15. The van der Waals surface area contributed by atoms with Crippen LogP contribution in [0, 0.1) is 0 Å². The number of unbranched alkanes of at least 4 members (excludes halogenated alkanes) is 3. The summed E-state index contributed by atoms with van der Waals surface area (Å²) in [7, 11) is 4.26. The first-order valence-corrected chi connectivity index (χ1v) is 8.23. The van der Waals surface area contributed by atoms with Crippen LogP contribution < -0.4 is 0 Å². The second kappa shape index (κ2) is 8.83. The number of benzene rings is 1. The van der Waals surface area contributed by atoms with E-state index < -0.39 is 0 Å². The number of rotatable bonds is 9. The Balaban J connectivity index is 2.83. The van der Waals surface area contributed by atoms with E-state index in [1.165, 1.54) is 19.3 Å². The highest BCUT2D eigenvalue weighted by atomic mass is 16.2. The van der Waals surface area contributed by atoms with E-state index >= 15 is 0 Å². The Morgan fingerprint density at radius 2 is 1.67 bits per heavy atom. The maximum absolute atomic E-state index is 12.8. The van der Waals surface area contributed by atoms with E-state index in [0.717, 1.165) is 31.5 Å². The van der Waals surface area contributed by atoms with Gasteiger partial charge in [-0.25, -0.2) is 4.59 Å². The van der Waals surface area contributed by atoms with E-state index in [1.807, 2.05) is 35.3 Å². The Morgan fingerprint density at radius 1 is 1.00 bits per heavy atom. The molecule has 3 heteroatoms. The summed E-state index contributed by atoms with van der Waals surface area (Å²) in [4.78, 5) is 12.8. The Bertz CT molecular complexity index is 414. The number of carbonyl (C=O) groups is 1. The molecule has 0 aromatic heterocycles. The van der Waals surface area contributed by atoms with Crippen molar-refractivity contribution in [3.63, 3.8) is 0 Å². The summed E-state index contributed by atoms with van der Waals surface area (Å²) in [6.45, 7) is 6.19. The molecule has 3 nitrogen and oxygen atoms in total. The fourth-order valence-corrected chi connectivity index (χ4v) is 2.70. The predicted octanol–water partition coefficient (Wildman–Crippen LogP) is 4.11. The lowest BCUT2D eigenvalue weighted by Gasteiger charge is -2.39. The smallest absolute Gasteiger partial charge is 0.264 e. The van der Waals surface area contributed by atoms with Crippen molar-refractivity contribution in [2.24, 2.45) is 0 Å². The van der Waals surface area contributed by atoms with Crippen LogP contribution in [-0.4, -0.2) is 42.7 Å². The molecule has 0 aliphatic carbocycles. The molecule has 1 aromatic carbocycles. The molecule has 0 bridgehead atoms. The van der Waals surface area contributed by atoms with Gasteiger partial charge in [-0.1, -0.05) is 51.3 Å². The molecule has 0 saturated heterocycles. The number of hydrogen-bond acceptors (Lipinski definition) is 1. The summed E-state index contributed by atoms with van der Waals surface area (Å²) in [6, 6.07) is 9.64. The van der Waals surface area contributed by atoms with Crippen molar-refractivity contribution in [3.8, 4) is 0 Å². The van der Waals surface area contributed by atoms with Crippen molar-refractivity contribution >= 4 is 5.91 Å². The molecule has 1 amide bonds. The van der Waals surface area contributed by atoms with Crippen molar-refractivity contribution in [2.75, 3.05) is 27.2 Å². The summed E-state index contributed by atoms with van der Waals surface area (Å²) in [5, 5.41) is 2.02. The lowest BCUT2D eigenvalue weighted by molar-refractivity contribution is -0.990. The van der Waals surface area contributed by atoms with Crippen molar-refractivity contribution in [1.29, 1.82) is 0 Å². The van der Waals surface area contributed by atoms with Crippen LogP contribution in [-0.2, 0) is 0 Å². The van der Waals surface area contributed by atoms with Crippen LogP contribution in [0.15, 0.2) is 30.3 Å². The predicted molar refractivity (Wildman–Crippen MR) is 88.9 cm³/mol. The van der Waals surface area contributed by atoms with Gasteiger partial charge in [0.25, 0.3) is 5.91 Å². The summed E-state index contributed by atoms with van der Waals surface area (Å²) in [6.07, 6.45) is 5.81. The zero-order chi connectivity index (χ0) is 15.7. The van der Waals surface area contributed by atoms with Crippen LogP contribution in [0.1, 0.15) is 56.3 Å². The second-order valence-corrected chi connectivity index (χ2v) is 6.20. The molecule has 0 heterocycles. The number of amides is 1. The van der Waals surface area contributed by atoms with Gasteiger partial charge in [0.05, 0.1) is 20.6 Å². The number of carbonyl (C=O) groups excluding carboxylic acids is 1. The van der Waals surface area contributed by atoms with Crippen molar-refractivity contribution in [1.82, 2.24) is 5.01 Å². The molecule has 21 heavy (non-hydrogen) atoms. The van der Waals surface area contributed by atoms with Gasteiger partial charge in [0.2, 0.25) is 0 Å². The van der Waals surface area contributed by atoms with Gasteiger partial charge in [-0.05, 0) is 25.0 Å².